The van der Waals surface area contributed by atoms with Crippen molar-refractivity contribution in [1.82, 2.24) is 4.90 Å². The lowest BCUT2D eigenvalue weighted by Crippen LogP contribution is -2.30. The Kier molecular flexibility index (Phi) is 6.22. The topological polar surface area (TPSA) is 40.5 Å². The van der Waals surface area contributed by atoms with E-state index in [9.17, 15) is 4.79 Å². The van der Waals surface area contributed by atoms with Crippen molar-refractivity contribution in [2.45, 2.75) is 18.7 Å². The number of aliphatic carboxylic acids is 1. The molecule has 0 aromatic heterocycles. The monoisotopic (exact) mass is 267 g/mol. The van der Waals surface area contributed by atoms with Crippen molar-refractivity contribution in [2.24, 2.45) is 5.92 Å². The van der Waals surface area contributed by atoms with Gasteiger partial charge in [0.25, 0.3) is 0 Å². The molecule has 1 unspecified atom stereocenters. The average molecular weight is 267 g/mol. The van der Waals surface area contributed by atoms with E-state index < -0.39 is 5.97 Å². The highest BCUT2D eigenvalue weighted by atomic mass is 32.2. The molecule has 0 saturated heterocycles. The van der Waals surface area contributed by atoms with Gasteiger partial charge in [-0.15, -0.1) is 11.8 Å². The molecule has 0 fully saturated rings. The van der Waals surface area contributed by atoms with Crippen LogP contribution in [0.4, 0.5) is 0 Å². The Morgan fingerprint density at radius 1 is 1.39 bits per heavy atom. The zero-order valence-corrected chi connectivity index (χ0v) is 12.0. The molecule has 0 aliphatic rings. The maximum Gasteiger partial charge on any atom is 0.307 e. The lowest BCUT2D eigenvalue weighted by atomic mass is 10.2. The van der Waals surface area contributed by atoms with Gasteiger partial charge in [0.2, 0.25) is 0 Å². The van der Waals surface area contributed by atoms with Crippen LogP contribution in [-0.4, -0.2) is 41.9 Å². The zero-order valence-electron chi connectivity index (χ0n) is 11.2. The Bertz CT molecular complexity index is 378. The standard InChI is InChI=1S/C14H21NO2S/c1-11-4-6-13(7-5-11)18-9-8-15(3)10-12(2)14(16)17/h4-7,12H,8-10H2,1-3H3,(H,16,17). The van der Waals surface area contributed by atoms with Gasteiger partial charge in [0, 0.05) is 23.7 Å². The van der Waals surface area contributed by atoms with Gasteiger partial charge in [-0.1, -0.05) is 24.6 Å². The first-order valence-electron chi connectivity index (χ1n) is 6.10. The molecule has 1 aromatic carbocycles. The molecule has 0 aliphatic heterocycles. The fourth-order valence-electron chi connectivity index (χ4n) is 1.59. The van der Waals surface area contributed by atoms with E-state index in [1.807, 2.05) is 7.05 Å². The first-order chi connectivity index (χ1) is 8.49. The summed E-state index contributed by atoms with van der Waals surface area (Å²) in [5.74, 6) is -0.0567. The molecule has 0 amide bonds. The molecular formula is C14H21NO2S. The lowest BCUT2D eigenvalue weighted by Gasteiger charge is -2.18. The van der Waals surface area contributed by atoms with Crippen LogP contribution in [0.15, 0.2) is 29.2 Å². The molecule has 1 atom stereocenters. The largest absolute Gasteiger partial charge is 0.481 e. The SMILES string of the molecule is Cc1ccc(SCCN(C)CC(C)C(=O)O)cc1. The average Bonchev–Trinajstić information content (AvgIpc) is 2.31. The van der Waals surface area contributed by atoms with E-state index in [-0.39, 0.29) is 5.92 Å². The first kappa shape index (κ1) is 15.1. The Labute approximate surface area is 113 Å². The molecule has 0 radical (unpaired) electrons. The van der Waals surface area contributed by atoms with E-state index in [1.165, 1.54) is 10.5 Å². The van der Waals surface area contributed by atoms with Crippen LogP contribution >= 0.6 is 11.8 Å². The predicted molar refractivity (Wildman–Crippen MR) is 76.2 cm³/mol. The lowest BCUT2D eigenvalue weighted by molar-refractivity contribution is -0.141. The van der Waals surface area contributed by atoms with Crippen LogP contribution in [0, 0.1) is 12.8 Å². The summed E-state index contributed by atoms with van der Waals surface area (Å²) >= 11 is 1.80. The molecule has 1 rings (SSSR count). The number of nitrogens with zero attached hydrogens (tertiary/aromatic N) is 1. The fourth-order valence-corrected chi connectivity index (χ4v) is 2.56. The third-order valence-corrected chi connectivity index (χ3v) is 3.76. The van der Waals surface area contributed by atoms with Crippen molar-refractivity contribution < 1.29 is 9.90 Å². The maximum atomic E-state index is 10.7. The molecule has 3 nitrogen and oxygen atoms in total. The number of hydrogen-bond acceptors (Lipinski definition) is 3. The van der Waals surface area contributed by atoms with Gasteiger partial charge in [-0.05, 0) is 26.1 Å². The van der Waals surface area contributed by atoms with E-state index in [2.05, 4.69) is 36.1 Å². The highest BCUT2D eigenvalue weighted by Gasteiger charge is 2.12. The summed E-state index contributed by atoms with van der Waals surface area (Å²) < 4.78 is 0. The normalized spacial score (nSPS) is 12.7. The summed E-state index contributed by atoms with van der Waals surface area (Å²) in [5.41, 5.74) is 1.27. The first-order valence-corrected chi connectivity index (χ1v) is 7.08. The van der Waals surface area contributed by atoms with Crippen molar-refractivity contribution in [1.29, 1.82) is 0 Å². The van der Waals surface area contributed by atoms with Crippen LogP contribution < -0.4 is 0 Å². The van der Waals surface area contributed by atoms with Crippen molar-refractivity contribution in [3.8, 4) is 0 Å². The summed E-state index contributed by atoms with van der Waals surface area (Å²) in [4.78, 5) is 14.1. The Hall–Kier alpha value is -1.00. The highest BCUT2D eigenvalue weighted by Crippen LogP contribution is 2.18. The Morgan fingerprint density at radius 2 is 2.00 bits per heavy atom. The number of rotatable bonds is 7. The second-order valence-corrected chi connectivity index (χ2v) is 5.83. The van der Waals surface area contributed by atoms with Gasteiger partial charge in [0.05, 0.1) is 5.92 Å². The summed E-state index contributed by atoms with van der Waals surface area (Å²) in [5, 5.41) is 8.83. The molecule has 0 bridgehead atoms. The van der Waals surface area contributed by atoms with Gasteiger partial charge >= 0.3 is 5.97 Å². The van der Waals surface area contributed by atoms with E-state index in [0.717, 1.165) is 12.3 Å². The van der Waals surface area contributed by atoms with Crippen LogP contribution in [0.3, 0.4) is 0 Å². The smallest absolute Gasteiger partial charge is 0.307 e. The zero-order chi connectivity index (χ0) is 13.5. The number of hydrogen-bond donors (Lipinski definition) is 1. The van der Waals surface area contributed by atoms with Gasteiger partial charge in [-0.25, -0.2) is 0 Å². The van der Waals surface area contributed by atoms with Crippen LogP contribution in [0.25, 0.3) is 0 Å². The molecule has 0 heterocycles. The van der Waals surface area contributed by atoms with Crippen LogP contribution in [0.2, 0.25) is 0 Å². The second kappa shape index (κ2) is 7.44. The van der Waals surface area contributed by atoms with E-state index in [1.54, 1.807) is 18.7 Å². The second-order valence-electron chi connectivity index (χ2n) is 4.66. The number of benzene rings is 1. The number of aryl methyl sites for hydroxylation is 1. The summed E-state index contributed by atoms with van der Waals surface area (Å²) in [6.07, 6.45) is 0. The minimum Gasteiger partial charge on any atom is -0.481 e. The molecule has 0 saturated carbocycles. The Morgan fingerprint density at radius 3 is 2.56 bits per heavy atom. The van der Waals surface area contributed by atoms with Gasteiger partial charge in [-0.3, -0.25) is 4.79 Å². The summed E-state index contributed by atoms with van der Waals surface area (Å²) in [7, 11) is 1.97. The van der Waals surface area contributed by atoms with Crippen molar-refractivity contribution >= 4 is 17.7 Å². The van der Waals surface area contributed by atoms with Crippen LogP contribution in [-0.2, 0) is 4.79 Å². The molecular weight excluding hydrogens is 246 g/mol. The van der Waals surface area contributed by atoms with Gasteiger partial charge in [-0.2, -0.15) is 0 Å². The van der Waals surface area contributed by atoms with Gasteiger partial charge in [0.15, 0.2) is 0 Å². The van der Waals surface area contributed by atoms with Crippen molar-refractivity contribution in [3.05, 3.63) is 29.8 Å². The van der Waals surface area contributed by atoms with E-state index >= 15 is 0 Å². The highest BCUT2D eigenvalue weighted by molar-refractivity contribution is 7.99. The summed E-state index contributed by atoms with van der Waals surface area (Å²) in [6, 6.07) is 8.47. The number of carboxylic acid groups (broad SMARTS) is 1. The maximum absolute atomic E-state index is 10.7. The predicted octanol–water partition coefficient (Wildman–Crippen LogP) is 2.74. The Balaban J connectivity index is 2.25. The van der Waals surface area contributed by atoms with E-state index in [4.69, 9.17) is 5.11 Å². The minimum absolute atomic E-state index is 0.306. The molecule has 0 aliphatic carbocycles. The molecule has 0 spiro atoms. The van der Waals surface area contributed by atoms with Crippen molar-refractivity contribution in [2.75, 3.05) is 25.9 Å². The van der Waals surface area contributed by atoms with Gasteiger partial charge < -0.3 is 10.0 Å². The molecule has 100 valence electrons. The van der Waals surface area contributed by atoms with Crippen LogP contribution in [0.5, 0.6) is 0 Å². The third-order valence-electron chi connectivity index (χ3n) is 2.77. The number of carbonyl (C=O) groups is 1. The quantitative estimate of drug-likeness (QED) is 0.771. The van der Waals surface area contributed by atoms with Crippen LogP contribution in [0.1, 0.15) is 12.5 Å². The van der Waals surface area contributed by atoms with E-state index in [0.29, 0.717) is 6.54 Å². The molecule has 1 N–H and O–H groups in total. The molecule has 1 aromatic rings. The summed E-state index contributed by atoms with van der Waals surface area (Å²) in [6.45, 7) is 5.32. The minimum atomic E-state index is -0.729. The van der Waals surface area contributed by atoms with Crippen molar-refractivity contribution in [3.63, 3.8) is 0 Å². The molecule has 4 heteroatoms. The van der Waals surface area contributed by atoms with Gasteiger partial charge in [0.1, 0.15) is 0 Å². The third kappa shape index (κ3) is 5.56. The molecule has 18 heavy (non-hydrogen) atoms. The number of carboxylic acids is 1. The fraction of sp³-hybridized carbons (Fsp3) is 0.500. The number of thioether (sulfide) groups is 1.